The molecule has 0 spiro atoms. The van der Waals surface area contributed by atoms with Gasteiger partial charge in [-0.1, -0.05) is 23.2 Å². The van der Waals surface area contributed by atoms with Crippen LogP contribution < -0.4 is 5.01 Å². The van der Waals surface area contributed by atoms with Crippen molar-refractivity contribution in [2.75, 3.05) is 5.01 Å². The van der Waals surface area contributed by atoms with E-state index < -0.39 is 11.9 Å². The third-order valence-corrected chi connectivity index (χ3v) is 2.70. The first kappa shape index (κ1) is 11.9. The Morgan fingerprint density at radius 2 is 2.12 bits per heavy atom. The van der Waals surface area contributed by atoms with E-state index in [4.69, 9.17) is 28.3 Å². The quantitative estimate of drug-likeness (QED) is 0.897. The maximum Gasteiger partial charge on any atom is 0.352 e. The SMILES string of the molecule is O=C(O)C1=NN(c2ccc(Cl)cc2Cl)C(=O)C1. The number of amides is 1. The van der Waals surface area contributed by atoms with Crippen molar-refractivity contribution in [2.45, 2.75) is 6.42 Å². The molecule has 7 heteroatoms. The lowest BCUT2D eigenvalue weighted by Gasteiger charge is -2.13. The fourth-order valence-corrected chi connectivity index (χ4v) is 1.88. The number of hydrazone groups is 1. The smallest absolute Gasteiger partial charge is 0.352 e. The van der Waals surface area contributed by atoms with Crippen LogP contribution in [0.5, 0.6) is 0 Å². The molecule has 1 N–H and O–H groups in total. The second-order valence-electron chi connectivity index (χ2n) is 3.33. The summed E-state index contributed by atoms with van der Waals surface area (Å²) in [4.78, 5) is 22.3. The van der Waals surface area contributed by atoms with Crippen LogP contribution in [-0.4, -0.2) is 22.7 Å². The van der Waals surface area contributed by atoms with Gasteiger partial charge in [0.25, 0.3) is 5.91 Å². The van der Waals surface area contributed by atoms with E-state index in [9.17, 15) is 9.59 Å². The number of rotatable bonds is 2. The highest BCUT2D eigenvalue weighted by Crippen LogP contribution is 2.31. The fourth-order valence-electron chi connectivity index (χ4n) is 1.39. The molecule has 0 saturated carbocycles. The Hall–Kier alpha value is -1.59. The average molecular weight is 273 g/mol. The summed E-state index contributed by atoms with van der Waals surface area (Å²) in [6, 6.07) is 4.52. The van der Waals surface area contributed by atoms with E-state index in [0.717, 1.165) is 5.01 Å². The van der Waals surface area contributed by atoms with Gasteiger partial charge in [0.2, 0.25) is 0 Å². The lowest BCUT2D eigenvalue weighted by molar-refractivity contribution is -0.129. The highest BCUT2D eigenvalue weighted by molar-refractivity contribution is 6.43. The van der Waals surface area contributed by atoms with Gasteiger partial charge in [-0.3, -0.25) is 4.79 Å². The lowest BCUT2D eigenvalue weighted by Crippen LogP contribution is -2.19. The Kier molecular flexibility index (Phi) is 3.04. The minimum absolute atomic E-state index is 0.207. The number of hydrogen-bond acceptors (Lipinski definition) is 3. The Morgan fingerprint density at radius 3 is 2.65 bits per heavy atom. The predicted octanol–water partition coefficient (Wildman–Crippen LogP) is 2.17. The molecule has 1 aromatic carbocycles. The number of carboxylic acids is 1. The summed E-state index contributed by atoms with van der Waals surface area (Å²) in [5, 5.41) is 14.1. The summed E-state index contributed by atoms with van der Waals surface area (Å²) in [5.74, 6) is -1.66. The number of anilines is 1. The summed E-state index contributed by atoms with van der Waals surface area (Å²) >= 11 is 11.6. The zero-order valence-electron chi connectivity index (χ0n) is 8.35. The molecule has 1 amide bonds. The Balaban J connectivity index is 2.40. The molecule has 0 aliphatic carbocycles. The Morgan fingerprint density at radius 1 is 1.41 bits per heavy atom. The van der Waals surface area contributed by atoms with Gasteiger partial charge in [-0.15, -0.1) is 0 Å². The molecular weight excluding hydrogens is 267 g/mol. The molecule has 0 bridgehead atoms. The highest BCUT2D eigenvalue weighted by atomic mass is 35.5. The maximum atomic E-state index is 11.6. The van der Waals surface area contributed by atoms with E-state index >= 15 is 0 Å². The van der Waals surface area contributed by atoms with Crippen LogP contribution in [-0.2, 0) is 9.59 Å². The molecule has 0 fully saturated rings. The molecule has 0 atom stereocenters. The second kappa shape index (κ2) is 4.35. The van der Waals surface area contributed by atoms with Crippen molar-refractivity contribution in [1.82, 2.24) is 0 Å². The van der Waals surface area contributed by atoms with Crippen LogP contribution in [0.2, 0.25) is 10.0 Å². The lowest BCUT2D eigenvalue weighted by atomic mass is 10.2. The Bertz CT molecular complexity index is 542. The van der Waals surface area contributed by atoms with Crippen LogP contribution in [0.1, 0.15) is 6.42 Å². The number of hydrogen-bond donors (Lipinski definition) is 1. The molecule has 0 saturated heterocycles. The third kappa shape index (κ3) is 2.25. The predicted molar refractivity (Wildman–Crippen MR) is 63.6 cm³/mol. The number of benzene rings is 1. The summed E-state index contributed by atoms with van der Waals surface area (Å²) in [5.41, 5.74) is 0.110. The van der Waals surface area contributed by atoms with Gasteiger partial charge >= 0.3 is 5.97 Å². The fraction of sp³-hybridized carbons (Fsp3) is 0.100. The van der Waals surface area contributed by atoms with Crippen LogP contribution in [0.25, 0.3) is 0 Å². The van der Waals surface area contributed by atoms with Gasteiger partial charge in [0.1, 0.15) is 0 Å². The van der Waals surface area contributed by atoms with Crippen molar-refractivity contribution in [3.05, 3.63) is 28.2 Å². The molecule has 1 heterocycles. The normalized spacial score (nSPS) is 15.1. The van der Waals surface area contributed by atoms with E-state index in [2.05, 4.69) is 5.10 Å². The largest absolute Gasteiger partial charge is 0.477 e. The van der Waals surface area contributed by atoms with E-state index in [1.165, 1.54) is 12.1 Å². The molecule has 1 aliphatic heterocycles. The topological polar surface area (TPSA) is 70.0 Å². The van der Waals surface area contributed by atoms with Gasteiger partial charge in [0.05, 0.1) is 17.1 Å². The zero-order valence-corrected chi connectivity index (χ0v) is 9.87. The van der Waals surface area contributed by atoms with Gasteiger partial charge in [-0.05, 0) is 18.2 Å². The van der Waals surface area contributed by atoms with Crippen molar-refractivity contribution in [2.24, 2.45) is 5.10 Å². The number of carbonyl (C=O) groups is 2. The number of aliphatic carboxylic acids is 1. The minimum atomic E-state index is -1.22. The van der Waals surface area contributed by atoms with Gasteiger partial charge in [-0.2, -0.15) is 10.1 Å². The first-order valence-corrected chi connectivity index (χ1v) is 5.33. The van der Waals surface area contributed by atoms with E-state index in [0.29, 0.717) is 10.7 Å². The molecular formula is C10H6Cl2N2O3. The summed E-state index contributed by atoms with van der Waals surface area (Å²) < 4.78 is 0. The molecule has 5 nitrogen and oxygen atoms in total. The van der Waals surface area contributed by atoms with E-state index in [1.54, 1.807) is 6.07 Å². The molecule has 17 heavy (non-hydrogen) atoms. The van der Waals surface area contributed by atoms with Crippen LogP contribution in [0.3, 0.4) is 0 Å². The van der Waals surface area contributed by atoms with Crippen LogP contribution in [0, 0.1) is 0 Å². The van der Waals surface area contributed by atoms with Crippen LogP contribution in [0.4, 0.5) is 5.69 Å². The van der Waals surface area contributed by atoms with E-state index in [-0.39, 0.29) is 17.2 Å². The van der Waals surface area contributed by atoms with Crippen molar-refractivity contribution < 1.29 is 14.7 Å². The minimum Gasteiger partial charge on any atom is -0.477 e. The Labute approximate surface area is 106 Å². The maximum absolute atomic E-state index is 11.6. The zero-order chi connectivity index (χ0) is 12.6. The molecule has 0 aromatic heterocycles. The number of carbonyl (C=O) groups excluding carboxylic acids is 1. The van der Waals surface area contributed by atoms with Gasteiger partial charge in [0, 0.05) is 5.02 Å². The average Bonchev–Trinajstić information content (AvgIpc) is 2.61. The van der Waals surface area contributed by atoms with Crippen molar-refractivity contribution in [1.29, 1.82) is 0 Å². The standard InChI is InChI=1S/C10H6Cl2N2O3/c11-5-1-2-8(6(12)3-5)14-9(15)4-7(13-14)10(16)17/h1-3H,4H2,(H,16,17). The molecule has 2 rings (SSSR count). The number of halogens is 2. The van der Waals surface area contributed by atoms with Crippen LogP contribution >= 0.6 is 23.2 Å². The number of nitrogens with zero attached hydrogens (tertiary/aromatic N) is 2. The van der Waals surface area contributed by atoms with Gasteiger partial charge < -0.3 is 5.11 Å². The summed E-state index contributed by atoms with van der Waals surface area (Å²) in [6.07, 6.45) is -0.242. The summed E-state index contributed by atoms with van der Waals surface area (Å²) in [6.45, 7) is 0. The van der Waals surface area contributed by atoms with Gasteiger partial charge in [-0.25, -0.2) is 4.79 Å². The molecule has 88 valence electrons. The van der Waals surface area contributed by atoms with Crippen LogP contribution in [0.15, 0.2) is 23.3 Å². The summed E-state index contributed by atoms with van der Waals surface area (Å²) in [7, 11) is 0. The molecule has 1 aromatic rings. The second-order valence-corrected chi connectivity index (χ2v) is 4.17. The molecule has 0 radical (unpaired) electrons. The van der Waals surface area contributed by atoms with Crippen molar-refractivity contribution >= 4 is 46.5 Å². The monoisotopic (exact) mass is 272 g/mol. The first-order chi connectivity index (χ1) is 7.99. The molecule has 1 aliphatic rings. The van der Waals surface area contributed by atoms with Gasteiger partial charge in [0.15, 0.2) is 5.71 Å². The van der Waals surface area contributed by atoms with E-state index in [1.807, 2.05) is 0 Å². The number of carboxylic acid groups (broad SMARTS) is 1. The van der Waals surface area contributed by atoms with Crippen molar-refractivity contribution in [3.63, 3.8) is 0 Å². The first-order valence-electron chi connectivity index (χ1n) is 4.58. The highest BCUT2D eigenvalue weighted by Gasteiger charge is 2.30. The third-order valence-electron chi connectivity index (χ3n) is 2.16. The molecule has 0 unspecified atom stereocenters. The van der Waals surface area contributed by atoms with Crippen molar-refractivity contribution in [3.8, 4) is 0 Å².